The summed E-state index contributed by atoms with van der Waals surface area (Å²) in [6.45, 7) is 1.79. The molecule has 0 fully saturated rings. The van der Waals surface area contributed by atoms with Crippen LogP contribution in [0.25, 0.3) is 6.08 Å². The third-order valence-electron chi connectivity index (χ3n) is 4.07. The van der Waals surface area contributed by atoms with Crippen LogP contribution in [0.1, 0.15) is 10.4 Å². The monoisotopic (exact) mass is 428 g/mol. The molecule has 8 heteroatoms. The number of para-hydroxylation sites is 2. The zero-order valence-electron chi connectivity index (χ0n) is 15.9. The van der Waals surface area contributed by atoms with Crippen LogP contribution < -0.4 is 14.8 Å². The summed E-state index contributed by atoms with van der Waals surface area (Å²) in [5, 5.41) is 4.65. The van der Waals surface area contributed by atoms with Gasteiger partial charge in [-0.3, -0.25) is 9.52 Å². The molecule has 29 heavy (non-hydrogen) atoms. The van der Waals surface area contributed by atoms with Gasteiger partial charge in [-0.1, -0.05) is 24.3 Å². The Balaban J connectivity index is 1.81. The highest BCUT2D eigenvalue weighted by Gasteiger charge is 2.18. The summed E-state index contributed by atoms with van der Waals surface area (Å²) in [6, 6.07) is 15.1. The number of rotatable bonds is 7. The summed E-state index contributed by atoms with van der Waals surface area (Å²) in [5.41, 5.74) is 1.51. The predicted molar refractivity (Wildman–Crippen MR) is 117 cm³/mol. The van der Waals surface area contributed by atoms with Crippen LogP contribution in [-0.2, 0) is 14.8 Å². The minimum Gasteiger partial charge on any atom is -0.495 e. The van der Waals surface area contributed by atoms with Crippen LogP contribution in [0.5, 0.6) is 5.75 Å². The van der Waals surface area contributed by atoms with Gasteiger partial charge in [0.25, 0.3) is 10.0 Å². The minimum absolute atomic E-state index is 0.0338. The van der Waals surface area contributed by atoms with E-state index in [1.165, 1.54) is 36.7 Å². The molecule has 2 aromatic carbocycles. The zero-order chi connectivity index (χ0) is 20.9. The fraction of sp³-hybridized carbons (Fsp3) is 0.0952. The molecule has 0 spiro atoms. The number of thiophene rings is 1. The zero-order valence-corrected chi connectivity index (χ0v) is 17.5. The number of ether oxygens (including phenoxy) is 1. The van der Waals surface area contributed by atoms with Gasteiger partial charge >= 0.3 is 0 Å². The molecule has 3 rings (SSSR count). The summed E-state index contributed by atoms with van der Waals surface area (Å²) in [6.07, 6.45) is 3.12. The van der Waals surface area contributed by atoms with Crippen LogP contribution in [0, 0.1) is 6.92 Å². The van der Waals surface area contributed by atoms with E-state index < -0.39 is 10.0 Å². The Morgan fingerprint density at radius 2 is 1.86 bits per heavy atom. The lowest BCUT2D eigenvalue weighted by molar-refractivity contribution is -0.111. The quantitative estimate of drug-likeness (QED) is 0.542. The molecule has 0 aliphatic rings. The molecule has 0 saturated carbocycles. The first-order chi connectivity index (χ1) is 13.9. The second kappa shape index (κ2) is 8.93. The summed E-state index contributed by atoms with van der Waals surface area (Å²) in [5.74, 6) is 0.0733. The highest BCUT2D eigenvalue weighted by Crippen LogP contribution is 2.27. The van der Waals surface area contributed by atoms with Crippen molar-refractivity contribution in [3.8, 4) is 5.75 Å². The number of hydrogen-bond donors (Lipinski definition) is 2. The van der Waals surface area contributed by atoms with Crippen LogP contribution in [-0.4, -0.2) is 21.4 Å². The highest BCUT2D eigenvalue weighted by atomic mass is 32.2. The van der Waals surface area contributed by atoms with Crippen molar-refractivity contribution in [1.82, 2.24) is 0 Å². The van der Waals surface area contributed by atoms with Crippen LogP contribution in [0.2, 0.25) is 0 Å². The molecule has 2 N–H and O–H groups in total. The Labute approximate surface area is 173 Å². The molecule has 1 aromatic heterocycles. The Hall–Kier alpha value is -3.10. The first kappa shape index (κ1) is 20.6. The van der Waals surface area contributed by atoms with Crippen molar-refractivity contribution < 1.29 is 17.9 Å². The number of aryl methyl sites for hydroxylation is 1. The Bertz CT molecular complexity index is 1140. The van der Waals surface area contributed by atoms with Gasteiger partial charge in [-0.05, 0) is 54.3 Å². The van der Waals surface area contributed by atoms with E-state index in [1.54, 1.807) is 43.3 Å². The van der Waals surface area contributed by atoms with Crippen LogP contribution in [0.4, 0.5) is 11.4 Å². The number of methoxy groups -OCH3 is 1. The van der Waals surface area contributed by atoms with E-state index in [2.05, 4.69) is 10.0 Å². The van der Waals surface area contributed by atoms with Gasteiger partial charge in [0, 0.05) is 16.6 Å². The molecule has 0 radical (unpaired) electrons. The SMILES string of the molecule is COc1ccccc1NS(=O)(=O)c1ccc(C)c(NC(=O)/C=C/c2cccs2)c1. The maximum Gasteiger partial charge on any atom is 0.262 e. The van der Waals surface area contributed by atoms with Gasteiger partial charge in [0.2, 0.25) is 5.91 Å². The average molecular weight is 429 g/mol. The minimum atomic E-state index is -3.87. The normalized spacial score (nSPS) is 11.4. The van der Waals surface area contributed by atoms with E-state index in [0.717, 1.165) is 10.4 Å². The lowest BCUT2D eigenvalue weighted by Gasteiger charge is -2.13. The number of nitrogens with one attached hydrogen (secondary N) is 2. The van der Waals surface area contributed by atoms with E-state index in [9.17, 15) is 13.2 Å². The first-order valence-corrected chi connectivity index (χ1v) is 11.0. The molecule has 0 aliphatic carbocycles. The van der Waals surface area contributed by atoms with Gasteiger partial charge in [0.15, 0.2) is 0 Å². The number of hydrogen-bond acceptors (Lipinski definition) is 5. The van der Waals surface area contributed by atoms with Crippen molar-refractivity contribution in [3.63, 3.8) is 0 Å². The highest BCUT2D eigenvalue weighted by molar-refractivity contribution is 7.92. The average Bonchev–Trinajstić information content (AvgIpc) is 3.22. The molecule has 0 atom stereocenters. The van der Waals surface area contributed by atoms with E-state index >= 15 is 0 Å². The van der Waals surface area contributed by atoms with Crippen molar-refractivity contribution in [2.45, 2.75) is 11.8 Å². The third kappa shape index (κ3) is 5.24. The van der Waals surface area contributed by atoms with Crippen molar-refractivity contribution in [2.24, 2.45) is 0 Å². The number of sulfonamides is 1. The smallest absolute Gasteiger partial charge is 0.262 e. The van der Waals surface area contributed by atoms with Crippen LogP contribution in [0.3, 0.4) is 0 Å². The standard InChI is InChI=1S/C21H20N2O4S2/c1-15-9-11-17(29(25,26)23-18-7-3-4-8-20(18)27-2)14-19(15)22-21(24)12-10-16-6-5-13-28-16/h3-14,23H,1-2H3,(H,22,24)/b12-10+. The molecular weight excluding hydrogens is 408 g/mol. The second-order valence-electron chi connectivity index (χ2n) is 6.12. The Morgan fingerprint density at radius 3 is 2.59 bits per heavy atom. The Kier molecular flexibility index (Phi) is 6.36. The lowest BCUT2D eigenvalue weighted by atomic mass is 10.2. The van der Waals surface area contributed by atoms with E-state index in [0.29, 0.717) is 17.1 Å². The molecule has 0 aliphatic heterocycles. The Morgan fingerprint density at radius 1 is 1.07 bits per heavy atom. The fourth-order valence-electron chi connectivity index (χ4n) is 2.55. The summed E-state index contributed by atoms with van der Waals surface area (Å²) >= 11 is 1.52. The lowest BCUT2D eigenvalue weighted by Crippen LogP contribution is -2.15. The van der Waals surface area contributed by atoms with Gasteiger partial charge in [0.1, 0.15) is 5.75 Å². The summed E-state index contributed by atoms with van der Waals surface area (Å²) in [7, 11) is -2.40. The van der Waals surface area contributed by atoms with Gasteiger partial charge in [-0.15, -0.1) is 11.3 Å². The van der Waals surface area contributed by atoms with Crippen molar-refractivity contribution in [2.75, 3.05) is 17.1 Å². The van der Waals surface area contributed by atoms with E-state index in [4.69, 9.17) is 4.74 Å². The van der Waals surface area contributed by atoms with Gasteiger partial charge in [0.05, 0.1) is 17.7 Å². The number of anilines is 2. The number of carbonyl (C=O) groups is 1. The molecule has 6 nitrogen and oxygen atoms in total. The van der Waals surface area contributed by atoms with Gasteiger partial charge < -0.3 is 10.1 Å². The third-order valence-corrected chi connectivity index (χ3v) is 6.27. The first-order valence-electron chi connectivity index (χ1n) is 8.68. The molecule has 150 valence electrons. The number of amides is 1. The van der Waals surface area contributed by atoms with Gasteiger partial charge in [-0.2, -0.15) is 0 Å². The molecule has 1 amide bonds. The number of carbonyl (C=O) groups excluding carboxylic acids is 1. The maximum absolute atomic E-state index is 12.8. The molecule has 0 unspecified atom stereocenters. The molecule has 1 heterocycles. The summed E-state index contributed by atoms with van der Waals surface area (Å²) in [4.78, 5) is 13.2. The van der Waals surface area contributed by atoms with Crippen molar-refractivity contribution >= 4 is 44.7 Å². The van der Waals surface area contributed by atoms with Gasteiger partial charge in [-0.25, -0.2) is 8.42 Å². The topological polar surface area (TPSA) is 84.5 Å². The van der Waals surface area contributed by atoms with E-state index in [1.807, 2.05) is 17.5 Å². The number of benzene rings is 2. The molecule has 0 saturated heterocycles. The largest absolute Gasteiger partial charge is 0.495 e. The van der Waals surface area contributed by atoms with Crippen LogP contribution in [0.15, 0.2) is 70.9 Å². The molecule has 0 bridgehead atoms. The summed E-state index contributed by atoms with van der Waals surface area (Å²) < 4.78 is 33.3. The predicted octanol–water partition coefficient (Wildman–Crippen LogP) is 4.52. The van der Waals surface area contributed by atoms with E-state index in [-0.39, 0.29) is 10.8 Å². The molecule has 3 aromatic rings. The van der Waals surface area contributed by atoms with Crippen molar-refractivity contribution in [1.29, 1.82) is 0 Å². The maximum atomic E-state index is 12.8. The molecular formula is C21H20N2O4S2. The van der Waals surface area contributed by atoms with Crippen molar-refractivity contribution in [3.05, 3.63) is 76.5 Å². The fourth-order valence-corrected chi connectivity index (χ4v) is 4.27. The van der Waals surface area contributed by atoms with Crippen LogP contribution >= 0.6 is 11.3 Å². The second-order valence-corrected chi connectivity index (χ2v) is 8.78.